The number of likely N-dealkylation sites (tertiary alicyclic amines) is 1. The molecule has 4 nitrogen and oxygen atoms in total. The summed E-state index contributed by atoms with van der Waals surface area (Å²) in [4.78, 5) is 27.6. The zero-order valence-electron chi connectivity index (χ0n) is 14.0. The Morgan fingerprint density at radius 1 is 0.960 bits per heavy atom. The van der Waals surface area contributed by atoms with Crippen molar-refractivity contribution in [1.82, 2.24) is 4.90 Å². The number of aliphatic hydroxyl groups is 1. The summed E-state index contributed by atoms with van der Waals surface area (Å²) < 4.78 is 0. The van der Waals surface area contributed by atoms with Crippen LogP contribution in [0.5, 0.6) is 0 Å². The molecule has 0 saturated carbocycles. The molecule has 2 aromatic carbocycles. The van der Waals surface area contributed by atoms with E-state index < -0.39 is 17.3 Å². The molecule has 4 heteroatoms. The van der Waals surface area contributed by atoms with Crippen LogP contribution in [0.2, 0.25) is 0 Å². The largest absolute Gasteiger partial charge is 0.395 e. The lowest BCUT2D eigenvalue weighted by molar-refractivity contribution is -0.140. The van der Waals surface area contributed by atoms with E-state index in [1.54, 1.807) is 0 Å². The lowest BCUT2D eigenvalue weighted by Gasteiger charge is -2.53. The van der Waals surface area contributed by atoms with Gasteiger partial charge in [-0.15, -0.1) is 0 Å². The topological polar surface area (TPSA) is 57.6 Å². The summed E-state index contributed by atoms with van der Waals surface area (Å²) in [6.45, 7) is 2.04. The number of amides is 2. The molecule has 2 amide bonds. The van der Waals surface area contributed by atoms with E-state index in [1.165, 1.54) is 4.90 Å². The lowest BCUT2D eigenvalue weighted by atomic mass is 9.47. The minimum Gasteiger partial charge on any atom is -0.395 e. The van der Waals surface area contributed by atoms with E-state index in [1.807, 2.05) is 55.5 Å². The number of aliphatic hydroxyl groups excluding tert-OH is 1. The highest BCUT2D eigenvalue weighted by Crippen LogP contribution is 2.63. The van der Waals surface area contributed by atoms with Crippen molar-refractivity contribution in [3.8, 4) is 0 Å². The number of hydrogen-bond acceptors (Lipinski definition) is 3. The van der Waals surface area contributed by atoms with E-state index in [-0.39, 0.29) is 24.3 Å². The second kappa shape index (κ2) is 4.79. The zero-order valence-corrected chi connectivity index (χ0v) is 14.0. The summed E-state index contributed by atoms with van der Waals surface area (Å²) in [5.41, 5.74) is 3.33. The predicted molar refractivity (Wildman–Crippen MR) is 92.0 cm³/mol. The Hall–Kier alpha value is -2.46. The molecule has 2 aromatic rings. The van der Waals surface area contributed by atoms with Crippen molar-refractivity contribution in [1.29, 1.82) is 0 Å². The fraction of sp³-hybridized carbons (Fsp3) is 0.333. The van der Waals surface area contributed by atoms with Gasteiger partial charge in [-0.25, -0.2) is 0 Å². The molecule has 2 atom stereocenters. The zero-order chi connectivity index (χ0) is 17.3. The first-order valence-corrected chi connectivity index (χ1v) is 8.81. The molecule has 25 heavy (non-hydrogen) atoms. The molecule has 1 saturated heterocycles. The number of carbonyl (C=O) groups excluding carboxylic acids is 2. The first kappa shape index (κ1) is 14.8. The van der Waals surface area contributed by atoms with Crippen LogP contribution in [0.3, 0.4) is 0 Å². The second-order valence-corrected chi connectivity index (χ2v) is 7.21. The molecule has 6 rings (SSSR count). The van der Waals surface area contributed by atoms with Gasteiger partial charge < -0.3 is 5.11 Å². The van der Waals surface area contributed by atoms with Gasteiger partial charge in [0.15, 0.2) is 0 Å². The molecule has 0 unspecified atom stereocenters. The van der Waals surface area contributed by atoms with Gasteiger partial charge in [-0.2, -0.15) is 0 Å². The molecular weight excluding hydrogens is 314 g/mol. The van der Waals surface area contributed by atoms with Crippen LogP contribution in [0.25, 0.3) is 0 Å². The molecule has 1 N–H and O–H groups in total. The first-order chi connectivity index (χ1) is 12.2. The van der Waals surface area contributed by atoms with Crippen LogP contribution in [0.4, 0.5) is 0 Å². The van der Waals surface area contributed by atoms with Crippen LogP contribution < -0.4 is 0 Å². The fourth-order valence-corrected chi connectivity index (χ4v) is 5.57. The molecule has 1 heterocycles. The molecule has 4 aliphatic rings. The van der Waals surface area contributed by atoms with Crippen molar-refractivity contribution in [2.24, 2.45) is 11.8 Å². The van der Waals surface area contributed by atoms with Crippen molar-refractivity contribution >= 4 is 11.8 Å². The third-order valence-electron chi connectivity index (χ3n) is 6.45. The summed E-state index contributed by atoms with van der Waals surface area (Å²) in [5.74, 6) is -1.27. The van der Waals surface area contributed by atoms with E-state index >= 15 is 0 Å². The number of imide groups is 1. The first-order valence-electron chi connectivity index (χ1n) is 8.81. The highest BCUT2D eigenvalue weighted by Gasteiger charge is 2.67. The molecule has 2 bridgehead atoms. The normalized spacial score (nSPS) is 31.8. The van der Waals surface area contributed by atoms with Gasteiger partial charge in [-0.3, -0.25) is 14.5 Å². The van der Waals surface area contributed by atoms with E-state index in [0.717, 1.165) is 22.3 Å². The maximum absolute atomic E-state index is 13.1. The molecule has 0 aromatic heterocycles. The van der Waals surface area contributed by atoms with Gasteiger partial charge in [0.2, 0.25) is 11.8 Å². The third kappa shape index (κ3) is 1.48. The van der Waals surface area contributed by atoms with Gasteiger partial charge in [0, 0.05) is 12.5 Å². The van der Waals surface area contributed by atoms with Crippen molar-refractivity contribution in [2.45, 2.75) is 18.3 Å². The smallest absolute Gasteiger partial charge is 0.234 e. The van der Waals surface area contributed by atoms with Crippen LogP contribution >= 0.6 is 0 Å². The van der Waals surface area contributed by atoms with Gasteiger partial charge in [0.1, 0.15) is 0 Å². The SMILES string of the molecule is CCN1C(=O)[C@@H]2C3c4ccccc4C(CO)(c4ccccc43)[C@@H]2C1=O. The fourth-order valence-electron chi connectivity index (χ4n) is 5.57. The Bertz CT molecular complexity index is 871. The number of hydrogen-bond donors (Lipinski definition) is 1. The monoisotopic (exact) mass is 333 g/mol. The van der Waals surface area contributed by atoms with E-state index in [2.05, 4.69) is 0 Å². The van der Waals surface area contributed by atoms with E-state index in [9.17, 15) is 14.7 Å². The van der Waals surface area contributed by atoms with Gasteiger partial charge in [0.25, 0.3) is 0 Å². The number of nitrogens with zero attached hydrogens (tertiary/aromatic N) is 1. The van der Waals surface area contributed by atoms with Crippen molar-refractivity contribution in [3.63, 3.8) is 0 Å². The number of rotatable bonds is 2. The highest BCUT2D eigenvalue weighted by atomic mass is 16.3. The average molecular weight is 333 g/mol. The van der Waals surface area contributed by atoms with Gasteiger partial charge in [-0.1, -0.05) is 48.5 Å². The Labute approximate surface area is 146 Å². The van der Waals surface area contributed by atoms with Crippen LogP contribution in [0.15, 0.2) is 48.5 Å². The summed E-state index contributed by atoms with van der Waals surface area (Å²) >= 11 is 0. The van der Waals surface area contributed by atoms with Gasteiger partial charge >= 0.3 is 0 Å². The summed E-state index contributed by atoms with van der Waals surface area (Å²) in [7, 11) is 0. The summed E-state index contributed by atoms with van der Waals surface area (Å²) in [6, 6.07) is 16.0. The minimum atomic E-state index is -0.830. The van der Waals surface area contributed by atoms with Crippen LogP contribution in [0, 0.1) is 11.8 Å². The van der Waals surface area contributed by atoms with Crippen molar-refractivity contribution in [3.05, 3.63) is 70.8 Å². The summed E-state index contributed by atoms with van der Waals surface area (Å²) in [6.07, 6.45) is 0. The number of benzene rings is 2. The average Bonchev–Trinajstić information content (AvgIpc) is 2.92. The van der Waals surface area contributed by atoms with Crippen LogP contribution in [-0.4, -0.2) is 35.0 Å². The molecule has 0 radical (unpaired) electrons. The minimum absolute atomic E-state index is 0.0932. The highest BCUT2D eigenvalue weighted by molar-refractivity contribution is 6.08. The lowest BCUT2D eigenvalue weighted by Crippen LogP contribution is -2.55. The van der Waals surface area contributed by atoms with Crippen LogP contribution in [-0.2, 0) is 15.0 Å². The van der Waals surface area contributed by atoms with E-state index in [4.69, 9.17) is 0 Å². The second-order valence-electron chi connectivity index (χ2n) is 7.21. The Kier molecular flexibility index (Phi) is 2.85. The Morgan fingerprint density at radius 2 is 1.52 bits per heavy atom. The molecule has 0 spiro atoms. The van der Waals surface area contributed by atoms with Crippen LogP contribution in [0.1, 0.15) is 35.1 Å². The third-order valence-corrected chi connectivity index (χ3v) is 6.45. The maximum Gasteiger partial charge on any atom is 0.234 e. The summed E-state index contributed by atoms with van der Waals surface area (Å²) in [5, 5.41) is 10.6. The van der Waals surface area contributed by atoms with E-state index in [0.29, 0.717) is 6.54 Å². The standard InChI is InChI=1S/C21H19NO3/c1-2-22-19(24)17-16-12-7-3-5-9-14(12)21(11-23,18(17)20(22)25)15-10-6-4-8-13(15)16/h3-10,16-18,23H,2,11H2,1H3/t16?,17-,18+,21?/m1/s1. The van der Waals surface area contributed by atoms with Gasteiger partial charge in [-0.05, 0) is 29.2 Å². The Balaban J connectivity index is 1.90. The molecule has 126 valence electrons. The molecular formula is C21H19NO3. The quantitative estimate of drug-likeness (QED) is 0.856. The molecule has 3 aliphatic carbocycles. The predicted octanol–water partition coefficient (Wildman–Crippen LogP) is 2.04. The maximum atomic E-state index is 13.1. The van der Waals surface area contributed by atoms with Crippen molar-refractivity contribution in [2.75, 3.05) is 13.2 Å². The van der Waals surface area contributed by atoms with Gasteiger partial charge in [0.05, 0.1) is 23.9 Å². The molecule has 1 aliphatic heterocycles. The van der Waals surface area contributed by atoms with Crippen molar-refractivity contribution < 1.29 is 14.7 Å². The number of carbonyl (C=O) groups is 2. The Morgan fingerprint density at radius 3 is 2.04 bits per heavy atom. The molecule has 1 fully saturated rings.